The molecule has 20 heavy (non-hydrogen) atoms. The molecule has 1 aliphatic heterocycles. The molecule has 0 aromatic heterocycles. The zero-order chi connectivity index (χ0) is 14.3. The molecule has 4 nitrogen and oxygen atoms in total. The number of carbonyl (C=O) groups excluding carboxylic acids is 1. The Balaban J connectivity index is 1.98. The molecule has 1 spiro atoms. The Labute approximate surface area is 127 Å². The molecule has 0 atom stereocenters. The first-order chi connectivity index (χ1) is 9.52. The maximum Gasteiger partial charge on any atom is 0.328 e. The molecule has 2 aliphatic rings. The molecule has 0 radical (unpaired) electrons. The number of amidine groups is 1. The molecule has 2 amide bonds. The second kappa shape index (κ2) is 4.93. The van der Waals surface area contributed by atoms with Crippen LogP contribution < -0.4 is 10.2 Å². The van der Waals surface area contributed by atoms with Gasteiger partial charge in [0, 0.05) is 10.0 Å². The number of urea groups is 1. The summed E-state index contributed by atoms with van der Waals surface area (Å²) in [6.45, 7) is 0. The summed E-state index contributed by atoms with van der Waals surface area (Å²) in [5.74, 6) is 0.306. The summed E-state index contributed by atoms with van der Waals surface area (Å²) in [4.78, 5) is 13.6. The summed E-state index contributed by atoms with van der Waals surface area (Å²) >= 11 is 12.0. The lowest BCUT2D eigenvalue weighted by atomic mass is 9.81. The molecule has 106 valence electrons. The lowest BCUT2D eigenvalue weighted by Gasteiger charge is -2.32. The lowest BCUT2D eigenvalue weighted by molar-refractivity contribution is 0.241. The number of halogens is 2. The topological polar surface area (TPSA) is 56.2 Å². The highest BCUT2D eigenvalue weighted by Crippen LogP contribution is 2.37. The zero-order valence-corrected chi connectivity index (χ0v) is 12.4. The van der Waals surface area contributed by atoms with E-state index in [1.165, 1.54) is 4.90 Å². The predicted octanol–water partition coefficient (Wildman–Crippen LogP) is 4.20. The van der Waals surface area contributed by atoms with E-state index in [-0.39, 0.29) is 6.03 Å². The molecule has 1 aliphatic carbocycles. The van der Waals surface area contributed by atoms with Crippen LogP contribution in [0.3, 0.4) is 0 Å². The number of benzene rings is 1. The molecule has 0 bridgehead atoms. The van der Waals surface area contributed by atoms with Crippen LogP contribution >= 0.6 is 23.2 Å². The van der Waals surface area contributed by atoms with Gasteiger partial charge in [-0.3, -0.25) is 5.41 Å². The van der Waals surface area contributed by atoms with E-state index in [1.807, 2.05) is 0 Å². The average molecular weight is 312 g/mol. The fourth-order valence-corrected chi connectivity index (χ4v) is 3.58. The molecule has 1 saturated carbocycles. The van der Waals surface area contributed by atoms with E-state index < -0.39 is 5.54 Å². The number of nitrogens with one attached hydrogen (secondary N) is 2. The van der Waals surface area contributed by atoms with Crippen molar-refractivity contribution < 1.29 is 4.79 Å². The normalized spacial score (nSPS) is 21.4. The second-order valence-electron chi connectivity index (χ2n) is 5.38. The lowest BCUT2D eigenvalue weighted by Crippen LogP contribution is -2.48. The van der Waals surface area contributed by atoms with Crippen molar-refractivity contribution in [2.24, 2.45) is 0 Å². The van der Waals surface area contributed by atoms with Crippen LogP contribution in [0.25, 0.3) is 0 Å². The minimum atomic E-state index is -0.510. The van der Waals surface area contributed by atoms with Gasteiger partial charge in [-0.1, -0.05) is 42.5 Å². The standard InChI is InChI=1S/C14H15Cl2N3O/c15-9-6-10(16)8-11(7-9)19-12(17)14(18-13(19)20)4-2-1-3-5-14/h6-8,17H,1-5H2,(H,18,20). The molecule has 1 heterocycles. The van der Waals surface area contributed by atoms with Crippen LogP contribution in [0.4, 0.5) is 10.5 Å². The van der Waals surface area contributed by atoms with Gasteiger partial charge in [0.05, 0.1) is 11.2 Å². The molecule has 1 aromatic carbocycles. The number of hydrogen-bond donors (Lipinski definition) is 2. The van der Waals surface area contributed by atoms with Crippen LogP contribution in [-0.2, 0) is 0 Å². The summed E-state index contributed by atoms with van der Waals surface area (Å²) < 4.78 is 0. The Bertz CT molecular complexity index is 562. The number of amides is 2. The Morgan fingerprint density at radius 1 is 1.10 bits per heavy atom. The van der Waals surface area contributed by atoms with Crippen LogP contribution in [0.15, 0.2) is 18.2 Å². The van der Waals surface area contributed by atoms with Crippen molar-refractivity contribution in [2.75, 3.05) is 4.90 Å². The molecular weight excluding hydrogens is 297 g/mol. The van der Waals surface area contributed by atoms with E-state index in [0.717, 1.165) is 32.1 Å². The number of nitrogens with zero attached hydrogens (tertiary/aromatic N) is 1. The third-order valence-corrected chi connectivity index (χ3v) is 4.48. The molecule has 1 aromatic rings. The summed E-state index contributed by atoms with van der Waals surface area (Å²) in [7, 11) is 0. The summed E-state index contributed by atoms with van der Waals surface area (Å²) in [5.41, 5.74) is 0.0388. The van der Waals surface area contributed by atoms with E-state index in [0.29, 0.717) is 21.6 Å². The van der Waals surface area contributed by atoms with E-state index in [4.69, 9.17) is 28.6 Å². The van der Waals surface area contributed by atoms with E-state index in [2.05, 4.69) is 5.32 Å². The Kier molecular flexibility index (Phi) is 3.38. The smallest absolute Gasteiger partial charge is 0.325 e. The Morgan fingerprint density at radius 3 is 2.30 bits per heavy atom. The van der Waals surface area contributed by atoms with Crippen molar-refractivity contribution in [1.82, 2.24) is 5.32 Å². The van der Waals surface area contributed by atoms with Gasteiger partial charge in [0.2, 0.25) is 0 Å². The van der Waals surface area contributed by atoms with Crippen LogP contribution in [0.5, 0.6) is 0 Å². The molecule has 1 saturated heterocycles. The van der Waals surface area contributed by atoms with Gasteiger partial charge in [-0.15, -0.1) is 0 Å². The molecule has 0 unspecified atom stereocenters. The highest BCUT2D eigenvalue weighted by atomic mass is 35.5. The largest absolute Gasteiger partial charge is 0.328 e. The van der Waals surface area contributed by atoms with Crippen LogP contribution in [0.1, 0.15) is 32.1 Å². The second-order valence-corrected chi connectivity index (χ2v) is 6.26. The monoisotopic (exact) mass is 311 g/mol. The number of anilines is 1. The van der Waals surface area contributed by atoms with Gasteiger partial charge in [-0.25, -0.2) is 9.69 Å². The Morgan fingerprint density at radius 2 is 1.70 bits per heavy atom. The van der Waals surface area contributed by atoms with Crippen LogP contribution in [0, 0.1) is 5.41 Å². The van der Waals surface area contributed by atoms with Gasteiger partial charge in [-0.2, -0.15) is 0 Å². The van der Waals surface area contributed by atoms with Crippen LogP contribution in [0.2, 0.25) is 10.0 Å². The van der Waals surface area contributed by atoms with Crippen molar-refractivity contribution in [2.45, 2.75) is 37.6 Å². The minimum absolute atomic E-state index is 0.268. The van der Waals surface area contributed by atoms with Crippen molar-refractivity contribution >= 4 is 40.8 Å². The fraction of sp³-hybridized carbons (Fsp3) is 0.429. The van der Waals surface area contributed by atoms with E-state index >= 15 is 0 Å². The van der Waals surface area contributed by atoms with Gasteiger partial charge in [0.15, 0.2) is 0 Å². The summed E-state index contributed by atoms with van der Waals surface area (Å²) in [5, 5.41) is 12.3. The predicted molar refractivity (Wildman–Crippen MR) is 81.0 cm³/mol. The molecule has 3 rings (SSSR count). The zero-order valence-electron chi connectivity index (χ0n) is 10.9. The highest BCUT2D eigenvalue weighted by molar-refractivity contribution is 6.35. The number of hydrogen-bond acceptors (Lipinski definition) is 2. The quantitative estimate of drug-likeness (QED) is 0.802. The van der Waals surface area contributed by atoms with Crippen molar-refractivity contribution in [3.05, 3.63) is 28.2 Å². The van der Waals surface area contributed by atoms with Crippen molar-refractivity contribution in [3.63, 3.8) is 0 Å². The number of carbonyl (C=O) groups is 1. The first-order valence-corrected chi connectivity index (χ1v) is 7.45. The van der Waals surface area contributed by atoms with Gasteiger partial charge in [0.1, 0.15) is 5.84 Å². The molecular formula is C14H15Cl2N3O. The minimum Gasteiger partial charge on any atom is -0.325 e. The maximum absolute atomic E-state index is 12.3. The summed E-state index contributed by atoms with van der Waals surface area (Å²) in [6.07, 6.45) is 4.87. The van der Waals surface area contributed by atoms with Crippen molar-refractivity contribution in [1.29, 1.82) is 5.41 Å². The highest BCUT2D eigenvalue weighted by Gasteiger charge is 2.48. The first-order valence-electron chi connectivity index (χ1n) is 6.69. The first kappa shape index (κ1) is 13.7. The number of rotatable bonds is 1. The van der Waals surface area contributed by atoms with E-state index in [9.17, 15) is 4.79 Å². The van der Waals surface area contributed by atoms with E-state index in [1.54, 1.807) is 18.2 Å². The summed E-state index contributed by atoms with van der Waals surface area (Å²) in [6, 6.07) is 4.66. The van der Waals surface area contributed by atoms with Crippen molar-refractivity contribution in [3.8, 4) is 0 Å². The van der Waals surface area contributed by atoms with Crippen LogP contribution in [-0.4, -0.2) is 17.4 Å². The van der Waals surface area contributed by atoms with Gasteiger partial charge in [-0.05, 0) is 31.0 Å². The van der Waals surface area contributed by atoms with Gasteiger partial charge >= 0.3 is 6.03 Å². The third kappa shape index (κ3) is 2.17. The van der Waals surface area contributed by atoms with Gasteiger partial charge in [0.25, 0.3) is 0 Å². The maximum atomic E-state index is 12.3. The SMILES string of the molecule is N=C1N(c2cc(Cl)cc(Cl)c2)C(=O)NC12CCCCC2. The molecule has 2 fully saturated rings. The third-order valence-electron chi connectivity index (χ3n) is 4.04. The molecule has 2 N–H and O–H groups in total. The van der Waals surface area contributed by atoms with Gasteiger partial charge < -0.3 is 5.32 Å². The molecule has 6 heteroatoms. The Hall–Kier alpha value is -1.26. The average Bonchev–Trinajstić information content (AvgIpc) is 2.60. The fourth-order valence-electron chi connectivity index (χ4n) is 3.07.